The van der Waals surface area contributed by atoms with Crippen LogP contribution >= 0.6 is 0 Å². The highest BCUT2D eigenvalue weighted by Crippen LogP contribution is 2.30. The fraction of sp³-hybridized carbons (Fsp3) is 0.0909. The number of furan rings is 1. The zero-order chi connectivity index (χ0) is 17.2. The second-order valence-corrected chi connectivity index (χ2v) is 5.73. The van der Waals surface area contributed by atoms with Crippen LogP contribution < -0.4 is 4.74 Å². The Hall–Kier alpha value is -3.22. The van der Waals surface area contributed by atoms with Crippen LogP contribution in [0.3, 0.4) is 0 Å². The highest BCUT2D eigenvalue weighted by molar-refractivity contribution is 6.05. The third-order valence-corrected chi connectivity index (χ3v) is 4.17. The zero-order valence-electron chi connectivity index (χ0n) is 13.7. The summed E-state index contributed by atoms with van der Waals surface area (Å²) in [7, 11) is 1.61. The highest BCUT2D eigenvalue weighted by atomic mass is 16.5. The fourth-order valence-electron chi connectivity index (χ4n) is 2.89. The summed E-state index contributed by atoms with van der Waals surface area (Å²) in [4.78, 5) is 0. The maximum atomic E-state index is 10.5. The van der Waals surface area contributed by atoms with Crippen LogP contribution in [0.15, 0.2) is 71.1 Å². The van der Waals surface area contributed by atoms with Crippen LogP contribution in [0.1, 0.15) is 17.2 Å². The van der Waals surface area contributed by atoms with E-state index in [-0.39, 0.29) is 0 Å². The molecule has 3 aromatic carbocycles. The number of aliphatic hydroxyl groups is 1. The number of aliphatic hydroxyl groups excluding tert-OH is 1. The molecule has 0 bridgehead atoms. The lowest BCUT2D eigenvalue weighted by atomic mass is 10.0. The van der Waals surface area contributed by atoms with E-state index >= 15 is 0 Å². The van der Waals surface area contributed by atoms with Crippen molar-refractivity contribution in [3.8, 4) is 17.6 Å². The Balaban J connectivity index is 1.72. The van der Waals surface area contributed by atoms with Crippen LogP contribution in [0.2, 0.25) is 0 Å². The summed E-state index contributed by atoms with van der Waals surface area (Å²) in [5, 5.41) is 12.5. The van der Waals surface area contributed by atoms with Gasteiger partial charge in [0.1, 0.15) is 23.0 Å². The summed E-state index contributed by atoms with van der Waals surface area (Å²) in [5.41, 5.74) is 3.12. The van der Waals surface area contributed by atoms with Crippen molar-refractivity contribution in [2.24, 2.45) is 0 Å². The first kappa shape index (κ1) is 15.3. The molecule has 0 saturated heterocycles. The Labute approximate surface area is 145 Å². The van der Waals surface area contributed by atoms with Gasteiger partial charge in [-0.25, -0.2) is 0 Å². The van der Waals surface area contributed by atoms with Crippen LogP contribution in [0.5, 0.6) is 5.75 Å². The first-order valence-corrected chi connectivity index (χ1v) is 8.00. The molecule has 1 atom stereocenters. The first-order valence-electron chi connectivity index (χ1n) is 8.00. The predicted octanol–water partition coefficient (Wildman–Crippen LogP) is 4.68. The second kappa shape index (κ2) is 6.35. The molecule has 0 saturated carbocycles. The van der Waals surface area contributed by atoms with Gasteiger partial charge in [-0.05, 0) is 35.9 Å². The largest absolute Gasteiger partial charge is 0.495 e. The fourth-order valence-corrected chi connectivity index (χ4v) is 2.89. The smallest absolute Gasteiger partial charge is 0.140 e. The molecule has 4 aromatic rings. The molecule has 0 aliphatic heterocycles. The molecule has 122 valence electrons. The van der Waals surface area contributed by atoms with Crippen LogP contribution in [-0.4, -0.2) is 12.2 Å². The van der Waals surface area contributed by atoms with Gasteiger partial charge in [0.25, 0.3) is 0 Å². The number of fused-ring (bicyclic) bond motifs is 3. The molecule has 0 aliphatic carbocycles. The van der Waals surface area contributed by atoms with Crippen molar-refractivity contribution in [3.63, 3.8) is 0 Å². The van der Waals surface area contributed by atoms with Crippen molar-refractivity contribution < 1.29 is 14.3 Å². The SMILES string of the molecule is COc1ccccc1C#CC(O)c1ccc2oc3ccccc3c2c1. The molecular formula is C22H16O3. The number of methoxy groups -OCH3 is 1. The molecule has 25 heavy (non-hydrogen) atoms. The quantitative estimate of drug-likeness (QED) is 0.543. The normalized spacial score (nSPS) is 11.9. The number of para-hydroxylation sites is 2. The number of hydrogen-bond donors (Lipinski definition) is 1. The minimum absolute atomic E-state index is 0.693. The summed E-state index contributed by atoms with van der Waals surface area (Å²) in [6.07, 6.45) is -0.886. The Bertz CT molecular complexity index is 1110. The van der Waals surface area contributed by atoms with E-state index in [1.54, 1.807) is 7.11 Å². The molecule has 0 fully saturated rings. The summed E-state index contributed by atoms with van der Waals surface area (Å²) in [6, 6.07) is 21.0. The Kier molecular flexibility index (Phi) is 3.89. The summed E-state index contributed by atoms with van der Waals surface area (Å²) in [6.45, 7) is 0. The number of rotatable bonds is 2. The van der Waals surface area contributed by atoms with Gasteiger partial charge in [-0.1, -0.05) is 48.2 Å². The topological polar surface area (TPSA) is 42.6 Å². The van der Waals surface area contributed by atoms with E-state index < -0.39 is 6.10 Å². The Morgan fingerprint density at radius 1 is 0.920 bits per heavy atom. The standard InChI is InChI=1S/C22H16O3/c1-24-20-8-4-2-6-15(20)10-12-19(23)16-11-13-22-18(14-16)17-7-3-5-9-21(17)25-22/h2-9,11,13-14,19,23H,1H3. The van der Waals surface area contributed by atoms with Gasteiger partial charge in [0.2, 0.25) is 0 Å². The van der Waals surface area contributed by atoms with Gasteiger partial charge in [0.15, 0.2) is 0 Å². The first-order chi connectivity index (χ1) is 12.3. The second-order valence-electron chi connectivity index (χ2n) is 5.73. The average molecular weight is 328 g/mol. The van der Waals surface area contributed by atoms with Gasteiger partial charge in [-0.15, -0.1) is 0 Å². The van der Waals surface area contributed by atoms with Crippen LogP contribution in [0.4, 0.5) is 0 Å². The number of benzene rings is 3. The summed E-state index contributed by atoms with van der Waals surface area (Å²) < 4.78 is 11.1. The van der Waals surface area contributed by atoms with Gasteiger partial charge in [-0.2, -0.15) is 0 Å². The lowest BCUT2D eigenvalue weighted by molar-refractivity contribution is 0.238. The minimum Gasteiger partial charge on any atom is -0.495 e. The van der Waals surface area contributed by atoms with Crippen molar-refractivity contribution in [1.82, 2.24) is 0 Å². The van der Waals surface area contributed by atoms with Gasteiger partial charge in [0, 0.05) is 10.8 Å². The lowest BCUT2D eigenvalue weighted by Gasteiger charge is -2.04. The molecule has 0 spiro atoms. The molecule has 0 aliphatic rings. The lowest BCUT2D eigenvalue weighted by Crippen LogP contribution is -1.94. The Morgan fingerprint density at radius 2 is 1.68 bits per heavy atom. The van der Waals surface area contributed by atoms with E-state index in [4.69, 9.17) is 9.15 Å². The third-order valence-electron chi connectivity index (χ3n) is 4.17. The molecule has 1 heterocycles. The van der Waals surface area contributed by atoms with E-state index in [0.29, 0.717) is 5.75 Å². The van der Waals surface area contributed by atoms with Crippen molar-refractivity contribution >= 4 is 21.9 Å². The van der Waals surface area contributed by atoms with Crippen molar-refractivity contribution in [2.45, 2.75) is 6.10 Å². The van der Waals surface area contributed by atoms with Crippen molar-refractivity contribution in [3.05, 3.63) is 77.9 Å². The molecule has 4 rings (SSSR count). The van der Waals surface area contributed by atoms with Crippen LogP contribution in [0, 0.1) is 11.8 Å². The van der Waals surface area contributed by atoms with Gasteiger partial charge in [-0.3, -0.25) is 0 Å². The number of ether oxygens (including phenoxy) is 1. The van der Waals surface area contributed by atoms with Gasteiger partial charge < -0.3 is 14.3 Å². The van der Waals surface area contributed by atoms with Gasteiger partial charge in [0.05, 0.1) is 12.7 Å². The van der Waals surface area contributed by atoms with E-state index in [1.807, 2.05) is 66.7 Å². The van der Waals surface area contributed by atoms with Gasteiger partial charge >= 0.3 is 0 Å². The van der Waals surface area contributed by atoms with E-state index in [0.717, 1.165) is 33.1 Å². The third kappa shape index (κ3) is 2.84. The monoisotopic (exact) mass is 328 g/mol. The molecule has 3 heteroatoms. The predicted molar refractivity (Wildman–Crippen MR) is 98.6 cm³/mol. The molecule has 1 N–H and O–H groups in total. The molecule has 1 unspecified atom stereocenters. The summed E-state index contributed by atoms with van der Waals surface area (Å²) >= 11 is 0. The Morgan fingerprint density at radius 3 is 2.56 bits per heavy atom. The van der Waals surface area contributed by atoms with E-state index in [9.17, 15) is 5.11 Å². The van der Waals surface area contributed by atoms with Crippen molar-refractivity contribution in [2.75, 3.05) is 7.11 Å². The van der Waals surface area contributed by atoms with Crippen molar-refractivity contribution in [1.29, 1.82) is 0 Å². The molecule has 1 aromatic heterocycles. The minimum atomic E-state index is -0.886. The molecule has 0 radical (unpaired) electrons. The van der Waals surface area contributed by atoms with E-state index in [2.05, 4.69) is 11.8 Å². The van der Waals surface area contributed by atoms with Crippen LogP contribution in [-0.2, 0) is 0 Å². The molecule has 3 nitrogen and oxygen atoms in total. The molecule has 0 amide bonds. The zero-order valence-corrected chi connectivity index (χ0v) is 13.7. The van der Waals surface area contributed by atoms with E-state index in [1.165, 1.54) is 0 Å². The summed E-state index contributed by atoms with van der Waals surface area (Å²) in [5.74, 6) is 6.58. The highest BCUT2D eigenvalue weighted by Gasteiger charge is 2.10. The van der Waals surface area contributed by atoms with Crippen LogP contribution in [0.25, 0.3) is 21.9 Å². The molecular weight excluding hydrogens is 312 g/mol. The maximum absolute atomic E-state index is 10.5. The number of hydrogen-bond acceptors (Lipinski definition) is 3. The maximum Gasteiger partial charge on any atom is 0.140 e. The average Bonchev–Trinajstić information content (AvgIpc) is 3.04.